The summed E-state index contributed by atoms with van der Waals surface area (Å²) in [6.45, 7) is 2.54. The van der Waals surface area contributed by atoms with Crippen molar-refractivity contribution < 1.29 is 14.3 Å². The Balaban J connectivity index is 1.98. The topological polar surface area (TPSA) is 79.5 Å². The number of aromatic nitrogens is 2. The number of carbonyl (C=O) groups excluding carboxylic acids is 1. The van der Waals surface area contributed by atoms with Gasteiger partial charge in [-0.15, -0.1) is 0 Å². The van der Waals surface area contributed by atoms with Crippen molar-refractivity contribution in [2.45, 2.75) is 46.1 Å². The molecule has 27 heavy (non-hydrogen) atoms. The molecule has 0 atom stereocenters. The van der Waals surface area contributed by atoms with Gasteiger partial charge in [-0.25, -0.2) is 4.79 Å². The number of nitrogens with zero attached hydrogens (tertiary/aromatic N) is 2. The summed E-state index contributed by atoms with van der Waals surface area (Å²) in [6, 6.07) is 10.7. The zero-order chi connectivity index (χ0) is 19.6. The Morgan fingerprint density at radius 3 is 2.56 bits per heavy atom. The van der Waals surface area contributed by atoms with E-state index in [1.165, 1.54) is 10.6 Å². The van der Waals surface area contributed by atoms with Crippen molar-refractivity contribution in [3.8, 4) is 0 Å². The average molecular weight is 395 g/mol. The largest absolute Gasteiger partial charge is 0.466 e. The van der Waals surface area contributed by atoms with Crippen LogP contribution < -0.4 is 11.2 Å². The first kappa shape index (κ1) is 20.9. The highest BCUT2D eigenvalue weighted by Gasteiger charge is 2.11. The molecule has 0 fully saturated rings. The number of halogens is 1. The summed E-state index contributed by atoms with van der Waals surface area (Å²) in [5.41, 5.74) is -0.0360. The van der Waals surface area contributed by atoms with Gasteiger partial charge in [-0.05, 0) is 25.3 Å². The van der Waals surface area contributed by atoms with Crippen LogP contribution in [-0.4, -0.2) is 21.7 Å². The Morgan fingerprint density at radius 1 is 1.11 bits per heavy atom. The summed E-state index contributed by atoms with van der Waals surface area (Å²) < 4.78 is 12.7. The first-order valence-corrected chi connectivity index (χ1v) is 9.18. The van der Waals surface area contributed by atoms with Crippen molar-refractivity contribution in [2.75, 3.05) is 6.61 Å². The van der Waals surface area contributed by atoms with Gasteiger partial charge in [-0.3, -0.25) is 18.7 Å². The van der Waals surface area contributed by atoms with E-state index in [9.17, 15) is 14.4 Å². The number of hydrogen-bond donors (Lipinski definition) is 0. The average Bonchev–Trinajstić information content (AvgIpc) is 2.64. The van der Waals surface area contributed by atoms with Crippen molar-refractivity contribution in [3.05, 3.63) is 68.0 Å². The summed E-state index contributed by atoms with van der Waals surface area (Å²) in [5, 5.41) is 0.0286. The van der Waals surface area contributed by atoms with Gasteiger partial charge in [0.25, 0.3) is 5.56 Å². The number of esters is 1. The van der Waals surface area contributed by atoms with Gasteiger partial charge in [0, 0.05) is 19.0 Å². The Bertz CT molecular complexity index is 861. The smallest absolute Gasteiger partial charge is 0.334 e. The Labute approximate surface area is 162 Å². The number of ether oxygens (including phenoxy) is 2. The molecule has 146 valence electrons. The number of rotatable bonds is 10. The molecule has 0 unspecified atom stereocenters. The lowest BCUT2D eigenvalue weighted by atomic mass is 10.2. The van der Waals surface area contributed by atoms with E-state index in [0.717, 1.165) is 10.1 Å². The fourth-order valence-corrected chi connectivity index (χ4v) is 2.73. The molecule has 0 N–H and O–H groups in total. The van der Waals surface area contributed by atoms with E-state index in [0.29, 0.717) is 26.1 Å². The third kappa shape index (κ3) is 6.37. The van der Waals surface area contributed by atoms with E-state index in [-0.39, 0.29) is 30.8 Å². The summed E-state index contributed by atoms with van der Waals surface area (Å²) in [7, 11) is 0. The number of hydrogen-bond acceptors (Lipinski definition) is 5. The lowest BCUT2D eigenvalue weighted by molar-refractivity contribution is -0.143. The predicted octanol–water partition coefficient (Wildman–Crippen LogP) is 2.57. The normalized spacial score (nSPS) is 10.7. The minimum Gasteiger partial charge on any atom is -0.466 e. The second-order valence-corrected chi connectivity index (χ2v) is 6.28. The highest BCUT2D eigenvalue weighted by molar-refractivity contribution is 6.29. The molecule has 2 rings (SSSR count). The predicted molar refractivity (Wildman–Crippen MR) is 102 cm³/mol. The minimum absolute atomic E-state index is 0.0286. The first-order valence-electron chi connectivity index (χ1n) is 8.80. The zero-order valence-corrected chi connectivity index (χ0v) is 16.0. The summed E-state index contributed by atoms with van der Waals surface area (Å²) in [4.78, 5) is 36.0. The molecule has 7 nitrogen and oxygen atoms in total. The third-order valence-electron chi connectivity index (χ3n) is 3.88. The van der Waals surface area contributed by atoms with Crippen LogP contribution in [0.25, 0.3) is 0 Å². The fraction of sp³-hybridized carbons (Fsp3) is 0.421. The summed E-state index contributed by atoms with van der Waals surface area (Å²) in [5.74, 6) is -0.285. The minimum atomic E-state index is -0.531. The van der Waals surface area contributed by atoms with Crippen molar-refractivity contribution in [3.63, 3.8) is 0 Å². The SMILES string of the molecule is CCOC(=O)CCCCn1c(=O)cc(Cl)n(COCc2ccccc2)c1=O. The van der Waals surface area contributed by atoms with Gasteiger partial charge >= 0.3 is 11.7 Å². The van der Waals surface area contributed by atoms with Crippen LogP contribution in [0.3, 0.4) is 0 Å². The van der Waals surface area contributed by atoms with Crippen molar-refractivity contribution in [1.29, 1.82) is 0 Å². The Hall–Kier alpha value is -2.38. The van der Waals surface area contributed by atoms with E-state index in [1.54, 1.807) is 6.92 Å². The van der Waals surface area contributed by atoms with E-state index in [4.69, 9.17) is 21.1 Å². The van der Waals surface area contributed by atoms with Crippen LogP contribution in [0.4, 0.5) is 0 Å². The molecule has 0 amide bonds. The molecule has 0 spiro atoms. The molecule has 0 aliphatic rings. The van der Waals surface area contributed by atoms with Crippen LogP contribution in [0.1, 0.15) is 31.7 Å². The molecular formula is C19H23ClN2O5. The van der Waals surface area contributed by atoms with Crippen molar-refractivity contribution >= 4 is 17.6 Å². The summed E-state index contributed by atoms with van der Waals surface area (Å²) >= 11 is 6.03. The van der Waals surface area contributed by atoms with E-state index in [2.05, 4.69) is 0 Å². The molecule has 8 heteroatoms. The highest BCUT2D eigenvalue weighted by atomic mass is 35.5. The molecule has 0 bridgehead atoms. The van der Waals surface area contributed by atoms with E-state index < -0.39 is 11.2 Å². The van der Waals surface area contributed by atoms with E-state index in [1.807, 2.05) is 30.3 Å². The van der Waals surface area contributed by atoms with Crippen LogP contribution in [0, 0.1) is 0 Å². The van der Waals surface area contributed by atoms with Crippen LogP contribution in [0.5, 0.6) is 0 Å². The standard InChI is InChI=1S/C19H23ClN2O5/c1-2-27-18(24)10-6-7-11-21-17(23)12-16(20)22(19(21)25)14-26-13-15-8-4-3-5-9-15/h3-5,8-9,12H,2,6-7,10-11,13-14H2,1H3. The second kappa shape index (κ2) is 10.7. The second-order valence-electron chi connectivity index (χ2n) is 5.89. The summed E-state index contributed by atoms with van der Waals surface area (Å²) in [6.07, 6.45) is 1.28. The van der Waals surface area contributed by atoms with Gasteiger partial charge in [0.2, 0.25) is 0 Å². The lowest BCUT2D eigenvalue weighted by Gasteiger charge is -2.12. The number of carbonyl (C=O) groups is 1. The third-order valence-corrected chi connectivity index (χ3v) is 4.19. The molecule has 0 radical (unpaired) electrons. The van der Waals surface area contributed by atoms with Gasteiger partial charge in [0.1, 0.15) is 11.9 Å². The van der Waals surface area contributed by atoms with Crippen molar-refractivity contribution in [2.24, 2.45) is 0 Å². The maximum Gasteiger partial charge on any atom is 0.334 e. The highest BCUT2D eigenvalue weighted by Crippen LogP contribution is 2.06. The molecule has 1 aromatic carbocycles. The van der Waals surface area contributed by atoms with Crippen LogP contribution in [0.2, 0.25) is 5.15 Å². The number of benzene rings is 1. The number of unbranched alkanes of at least 4 members (excludes halogenated alkanes) is 1. The van der Waals surface area contributed by atoms with Gasteiger partial charge in [0.05, 0.1) is 13.2 Å². The van der Waals surface area contributed by atoms with Crippen molar-refractivity contribution in [1.82, 2.24) is 9.13 Å². The molecule has 0 aliphatic heterocycles. The molecule has 1 aromatic heterocycles. The molecule has 0 saturated carbocycles. The maximum absolute atomic E-state index is 12.6. The van der Waals surface area contributed by atoms with Crippen LogP contribution in [0.15, 0.2) is 46.0 Å². The molecule has 2 aromatic rings. The lowest BCUT2D eigenvalue weighted by Crippen LogP contribution is -2.40. The molecule has 1 heterocycles. The monoisotopic (exact) mass is 394 g/mol. The zero-order valence-electron chi connectivity index (χ0n) is 15.2. The van der Waals surface area contributed by atoms with Crippen LogP contribution in [-0.2, 0) is 34.2 Å². The Morgan fingerprint density at radius 2 is 1.85 bits per heavy atom. The molecular weight excluding hydrogens is 372 g/mol. The maximum atomic E-state index is 12.6. The van der Waals surface area contributed by atoms with Gasteiger partial charge in [-0.2, -0.15) is 0 Å². The molecule has 0 saturated heterocycles. The van der Waals surface area contributed by atoms with Gasteiger partial charge < -0.3 is 9.47 Å². The van der Waals surface area contributed by atoms with Gasteiger partial charge in [-0.1, -0.05) is 41.9 Å². The quantitative estimate of drug-likeness (QED) is 0.351. The van der Waals surface area contributed by atoms with Gasteiger partial charge in [0.15, 0.2) is 0 Å². The Kier molecular flexibility index (Phi) is 8.29. The van der Waals surface area contributed by atoms with E-state index >= 15 is 0 Å². The fourth-order valence-electron chi connectivity index (χ4n) is 2.51. The first-order chi connectivity index (χ1) is 13.0. The van der Waals surface area contributed by atoms with Crippen LogP contribution >= 0.6 is 11.6 Å². The molecule has 0 aliphatic carbocycles.